The van der Waals surface area contributed by atoms with Crippen molar-refractivity contribution in [3.05, 3.63) is 65.2 Å². The first-order chi connectivity index (χ1) is 15.6. The van der Waals surface area contributed by atoms with Gasteiger partial charge in [0, 0.05) is 12.2 Å². The summed E-state index contributed by atoms with van der Waals surface area (Å²) in [6.07, 6.45) is 0.680. The van der Waals surface area contributed by atoms with Crippen molar-refractivity contribution in [3.8, 4) is 0 Å². The fourth-order valence-electron chi connectivity index (χ4n) is 4.14. The lowest BCUT2D eigenvalue weighted by Gasteiger charge is -2.24. The number of rotatable bonds is 8. The van der Waals surface area contributed by atoms with Gasteiger partial charge < -0.3 is 16.0 Å². The van der Waals surface area contributed by atoms with Crippen LogP contribution < -0.4 is 16.0 Å². The summed E-state index contributed by atoms with van der Waals surface area (Å²) in [6.45, 7) is 11.0. The molecule has 1 heterocycles. The minimum Gasteiger partial charge on any atom is -0.342 e. The first-order valence-electron chi connectivity index (χ1n) is 11.5. The van der Waals surface area contributed by atoms with E-state index in [9.17, 15) is 9.59 Å². The van der Waals surface area contributed by atoms with Gasteiger partial charge in [-0.1, -0.05) is 64.1 Å². The molecule has 1 fully saturated rings. The number of carbonyl (C=O) groups excluding carboxylic acids is 2. The van der Waals surface area contributed by atoms with E-state index in [1.807, 2.05) is 55.5 Å². The maximum absolute atomic E-state index is 12.9. The normalized spacial score (nSPS) is 18.1. The third-order valence-electron chi connectivity index (χ3n) is 5.85. The Morgan fingerprint density at radius 1 is 1.03 bits per heavy atom. The second-order valence-corrected chi connectivity index (χ2v) is 9.70. The van der Waals surface area contributed by atoms with Crippen LogP contribution >= 0.6 is 0 Å². The van der Waals surface area contributed by atoms with Gasteiger partial charge in [0.25, 0.3) is 5.91 Å². The van der Waals surface area contributed by atoms with Crippen LogP contribution in [0.3, 0.4) is 0 Å². The van der Waals surface area contributed by atoms with E-state index in [4.69, 9.17) is 5.41 Å². The maximum Gasteiger partial charge on any atom is 0.319 e. The van der Waals surface area contributed by atoms with Crippen LogP contribution in [-0.4, -0.2) is 28.3 Å². The third-order valence-corrected chi connectivity index (χ3v) is 5.85. The highest BCUT2D eigenvalue weighted by atomic mass is 16.2. The first kappa shape index (κ1) is 24.3. The summed E-state index contributed by atoms with van der Waals surface area (Å²) in [5.41, 5.74) is 3.14. The van der Waals surface area contributed by atoms with Gasteiger partial charge in [-0.05, 0) is 54.0 Å². The predicted octanol–water partition coefficient (Wildman–Crippen LogP) is 4.80. The molecule has 2 aromatic rings. The van der Waals surface area contributed by atoms with E-state index in [0.717, 1.165) is 16.8 Å². The Balaban J connectivity index is 1.51. The first-order valence-corrected chi connectivity index (χ1v) is 11.5. The zero-order chi connectivity index (χ0) is 24.2. The highest BCUT2D eigenvalue weighted by Gasteiger charge is 2.45. The van der Waals surface area contributed by atoms with E-state index in [1.54, 1.807) is 0 Å². The van der Waals surface area contributed by atoms with E-state index in [0.29, 0.717) is 31.3 Å². The molecule has 0 bridgehead atoms. The van der Waals surface area contributed by atoms with Gasteiger partial charge in [0.05, 0.1) is 6.54 Å². The van der Waals surface area contributed by atoms with Crippen LogP contribution in [0.4, 0.5) is 10.5 Å². The summed E-state index contributed by atoms with van der Waals surface area (Å²) in [5.74, 6) is 0.880. The monoisotopic (exact) mass is 449 g/mol. The predicted molar refractivity (Wildman–Crippen MR) is 132 cm³/mol. The second kappa shape index (κ2) is 10.1. The smallest absolute Gasteiger partial charge is 0.319 e. The largest absolute Gasteiger partial charge is 0.342 e. The number of hydrogen-bond acceptors (Lipinski definition) is 3. The third kappa shape index (κ3) is 6.12. The van der Waals surface area contributed by atoms with Crippen molar-refractivity contribution in [1.29, 1.82) is 5.41 Å². The molecule has 176 valence electrons. The SMILES string of the molecule is CC(C)CC1(C)NC(=N)N(Cc2ccc(CNC(=O)Nc3ccc(C(C)C)cc3)cc2)C1=O. The molecule has 2 aromatic carbocycles. The van der Waals surface area contributed by atoms with Crippen molar-refractivity contribution >= 4 is 23.6 Å². The number of nitrogens with one attached hydrogen (secondary N) is 4. The van der Waals surface area contributed by atoms with E-state index in [-0.39, 0.29) is 17.9 Å². The topological polar surface area (TPSA) is 97.3 Å². The second-order valence-electron chi connectivity index (χ2n) is 9.70. The van der Waals surface area contributed by atoms with Crippen molar-refractivity contribution in [2.45, 2.75) is 65.6 Å². The molecule has 1 unspecified atom stereocenters. The van der Waals surface area contributed by atoms with E-state index in [1.165, 1.54) is 10.5 Å². The van der Waals surface area contributed by atoms with Crippen molar-refractivity contribution < 1.29 is 9.59 Å². The number of carbonyl (C=O) groups is 2. The molecule has 0 radical (unpaired) electrons. The minimum absolute atomic E-state index is 0.0648. The zero-order valence-corrected chi connectivity index (χ0v) is 20.2. The van der Waals surface area contributed by atoms with E-state index < -0.39 is 5.54 Å². The molecule has 0 aliphatic carbocycles. The zero-order valence-electron chi connectivity index (χ0n) is 20.2. The lowest BCUT2D eigenvalue weighted by atomic mass is 9.91. The highest BCUT2D eigenvalue weighted by Crippen LogP contribution is 2.26. The molecule has 0 spiro atoms. The summed E-state index contributed by atoms with van der Waals surface area (Å²) in [5, 5.41) is 17.0. The molecule has 7 nitrogen and oxygen atoms in total. The number of anilines is 1. The minimum atomic E-state index is -0.725. The lowest BCUT2D eigenvalue weighted by molar-refractivity contribution is -0.131. The number of urea groups is 1. The molecule has 7 heteroatoms. The van der Waals surface area contributed by atoms with Crippen LogP contribution in [0.15, 0.2) is 48.5 Å². The van der Waals surface area contributed by atoms with Crippen LogP contribution in [0.5, 0.6) is 0 Å². The van der Waals surface area contributed by atoms with Gasteiger partial charge in [-0.3, -0.25) is 15.1 Å². The Hall–Kier alpha value is -3.35. The summed E-state index contributed by atoms with van der Waals surface area (Å²) >= 11 is 0. The Morgan fingerprint density at radius 2 is 1.64 bits per heavy atom. The van der Waals surface area contributed by atoms with Crippen molar-refractivity contribution in [2.75, 3.05) is 5.32 Å². The summed E-state index contributed by atoms with van der Waals surface area (Å²) in [6, 6.07) is 15.3. The van der Waals surface area contributed by atoms with Crippen LogP contribution in [0.2, 0.25) is 0 Å². The van der Waals surface area contributed by atoms with Crippen LogP contribution in [0, 0.1) is 11.3 Å². The van der Waals surface area contributed by atoms with E-state index >= 15 is 0 Å². The van der Waals surface area contributed by atoms with Crippen molar-refractivity contribution in [2.24, 2.45) is 5.92 Å². The summed E-state index contributed by atoms with van der Waals surface area (Å²) in [4.78, 5) is 26.6. The average molecular weight is 450 g/mol. The fourth-order valence-corrected chi connectivity index (χ4v) is 4.14. The molecule has 0 saturated carbocycles. The number of guanidine groups is 1. The number of amides is 3. The fraction of sp³-hybridized carbons (Fsp3) is 0.423. The van der Waals surface area contributed by atoms with Gasteiger partial charge >= 0.3 is 6.03 Å². The molecule has 1 aliphatic heterocycles. The van der Waals surface area contributed by atoms with Crippen LogP contribution in [0.25, 0.3) is 0 Å². The van der Waals surface area contributed by atoms with Gasteiger partial charge in [-0.15, -0.1) is 0 Å². The van der Waals surface area contributed by atoms with Crippen LogP contribution in [0.1, 0.15) is 63.6 Å². The molecule has 1 aliphatic rings. The van der Waals surface area contributed by atoms with Gasteiger partial charge in [0.2, 0.25) is 0 Å². The van der Waals surface area contributed by atoms with Gasteiger partial charge in [-0.2, -0.15) is 0 Å². The van der Waals surface area contributed by atoms with Crippen molar-refractivity contribution in [1.82, 2.24) is 15.5 Å². The summed E-state index contributed by atoms with van der Waals surface area (Å²) in [7, 11) is 0. The maximum atomic E-state index is 12.9. The Labute approximate surface area is 196 Å². The molecule has 3 rings (SSSR count). The molecular weight excluding hydrogens is 414 g/mol. The van der Waals surface area contributed by atoms with Gasteiger partial charge in [0.15, 0.2) is 5.96 Å². The Bertz CT molecular complexity index is 998. The number of benzene rings is 2. The quantitative estimate of drug-likeness (QED) is 0.466. The van der Waals surface area contributed by atoms with Gasteiger partial charge in [0.1, 0.15) is 5.54 Å². The standard InChI is InChI=1S/C26H35N5O2/c1-17(2)14-26(5)23(32)31(24(27)30-26)16-20-8-6-19(7-9-20)15-28-25(33)29-22-12-10-21(11-13-22)18(3)4/h6-13,17-18H,14-16H2,1-5H3,(H2,27,30)(H2,28,29,33). The molecule has 4 N–H and O–H groups in total. The lowest BCUT2D eigenvalue weighted by Crippen LogP contribution is -2.44. The van der Waals surface area contributed by atoms with E-state index in [2.05, 4.69) is 43.6 Å². The highest BCUT2D eigenvalue weighted by molar-refractivity contribution is 6.07. The molecule has 3 amide bonds. The molecule has 1 saturated heterocycles. The number of hydrogen-bond donors (Lipinski definition) is 4. The average Bonchev–Trinajstić information content (AvgIpc) is 2.95. The van der Waals surface area contributed by atoms with Gasteiger partial charge in [-0.25, -0.2) is 4.79 Å². The summed E-state index contributed by atoms with van der Waals surface area (Å²) < 4.78 is 0. The number of nitrogens with zero attached hydrogens (tertiary/aromatic N) is 1. The van der Waals surface area contributed by atoms with Crippen molar-refractivity contribution in [3.63, 3.8) is 0 Å². The Morgan fingerprint density at radius 3 is 2.21 bits per heavy atom. The van der Waals surface area contributed by atoms with Crippen LogP contribution in [-0.2, 0) is 17.9 Å². The molecule has 0 aromatic heterocycles. The molecular formula is C26H35N5O2. The molecule has 1 atom stereocenters. The Kier molecular flexibility index (Phi) is 7.41. The molecule has 33 heavy (non-hydrogen) atoms.